The lowest BCUT2D eigenvalue weighted by Crippen LogP contribution is -2.11. The van der Waals surface area contributed by atoms with Gasteiger partial charge in [0, 0.05) is 56.7 Å². The summed E-state index contributed by atoms with van der Waals surface area (Å²) in [6.07, 6.45) is -0.667. The number of rotatable bonds is 0. The summed E-state index contributed by atoms with van der Waals surface area (Å²) >= 11 is 0. The quantitative estimate of drug-likeness (QED) is 0.321. The van der Waals surface area contributed by atoms with Crippen molar-refractivity contribution in [1.29, 1.82) is 0 Å². The molecule has 0 heterocycles. The molecule has 0 fully saturated rings. The van der Waals surface area contributed by atoms with Crippen molar-refractivity contribution in [2.45, 2.75) is 21.3 Å². The van der Waals surface area contributed by atoms with E-state index in [9.17, 15) is 0 Å². The van der Waals surface area contributed by atoms with Gasteiger partial charge in [0.05, 0.1) is 0 Å². The van der Waals surface area contributed by atoms with Crippen LogP contribution >= 0.6 is 0 Å². The second kappa shape index (κ2) is 62.2. The zero-order chi connectivity index (χ0) is 15.0. The fraction of sp³-hybridized carbons (Fsp3) is 0.600. The largest absolute Gasteiger partial charge is 0.107 e. The number of halogens is 4. The van der Waals surface area contributed by atoms with Crippen LogP contribution in [0.1, 0.15) is 30.1 Å². The molecule has 0 nitrogen and oxygen atoms in total. The van der Waals surface area contributed by atoms with Crippen molar-refractivity contribution in [3.8, 4) is 11.8 Å². The first-order valence-corrected chi connectivity index (χ1v) is 2.54. The Bertz CT molecular complexity index is 98.6. The first kappa shape index (κ1) is 18.3. The molecule has 6 radical (unpaired) electrons. The molecule has 0 spiro atoms. The van der Waals surface area contributed by atoms with Crippen molar-refractivity contribution in [2.24, 2.45) is 0 Å². The van der Waals surface area contributed by atoms with Crippen LogP contribution in [0, 0.1) is 11.8 Å². The van der Waals surface area contributed by atoms with E-state index in [1.807, 2.05) is 13.8 Å². The van der Waals surface area contributed by atoms with E-state index < -0.39 is 6.39 Å². The molecule has 13 heavy (non-hydrogen) atoms. The van der Waals surface area contributed by atoms with Crippen molar-refractivity contribution >= 4 is 29.6 Å². The first-order valence-electron chi connectivity index (χ1n) is 4.54. The first-order chi connectivity index (χ1) is 7.65. The number of hydrogen-bond acceptors (Lipinski definition) is 0. The van der Waals surface area contributed by atoms with Gasteiger partial charge in [-0.25, -0.2) is 0 Å². The van der Waals surface area contributed by atoms with Gasteiger partial charge in [0.2, 0.25) is 0 Å². The van der Waals surface area contributed by atoms with Gasteiger partial charge >= 0.3 is 0 Å². The predicted molar refractivity (Wildman–Crippen MR) is 61.8 cm³/mol. The van der Waals surface area contributed by atoms with E-state index in [2.05, 4.69) is 35.1 Å². The zero-order valence-electron chi connectivity index (χ0n) is 10.8. The summed E-state index contributed by atoms with van der Waals surface area (Å²) in [5.41, 5.74) is 0. The molecule has 0 aliphatic carbocycles. The summed E-state index contributed by atoms with van der Waals surface area (Å²) in [7, 11) is 14.0. The lowest BCUT2D eigenvalue weighted by molar-refractivity contribution is 0.108. The van der Waals surface area contributed by atoms with Crippen LogP contribution in [-0.4, -0.2) is 29.6 Å². The molecule has 78 valence electrons. The average molecular weight is 201 g/mol. The summed E-state index contributed by atoms with van der Waals surface area (Å²) in [6.45, 7) is 3.64. The normalized spacial score (nSPS) is 5.08. The number of hydrogen-bond donors (Lipinski definition) is 0. The van der Waals surface area contributed by atoms with Gasteiger partial charge in [-0.05, 0) is 13.8 Å². The molecule has 0 aliphatic heterocycles. The van der Waals surface area contributed by atoms with Crippen LogP contribution < -0.4 is 0 Å². The van der Waals surface area contributed by atoms with Gasteiger partial charge in [-0.1, -0.05) is 7.43 Å². The molecule has 0 N–H and O–H groups in total. The topological polar surface area (TPSA) is 0 Å². The van der Waals surface area contributed by atoms with E-state index in [0.29, 0.717) is 0 Å². The third-order valence-corrected chi connectivity index (χ3v) is 0.250. The van der Waals surface area contributed by atoms with Gasteiger partial charge in [-0.3, -0.25) is 0 Å². The summed E-state index contributed by atoms with van der Waals surface area (Å²) < 4.78 is 52.0. The van der Waals surface area contributed by atoms with Crippen molar-refractivity contribution in [2.75, 3.05) is 0 Å². The van der Waals surface area contributed by atoms with Crippen LogP contribution in [0.3, 0.4) is 0 Å². The van der Waals surface area contributed by atoms with Gasteiger partial charge in [0.15, 0.2) is 0 Å². The molecule has 0 atom stereocenters. The summed E-state index contributed by atoms with van der Waals surface area (Å²) in [5.74, 6) is 5.36. The molecular formula is C5H18B4F4. The Morgan fingerprint density at radius 3 is 1.15 bits per heavy atom. The Balaban J connectivity index is -0.00000000908. The SMILES string of the molecule is C.CC#CC.FF.FF.[2H][2H].[2H][2H].[B]B([B])[B].[HH].[HH]. The van der Waals surface area contributed by atoms with Gasteiger partial charge in [0.25, 0.3) is 0 Å². The molecule has 0 rings (SSSR count). The van der Waals surface area contributed by atoms with Crippen molar-refractivity contribution in [3.63, 3.8) is 0 Å². The van der Waals surface area contributed by atoms with E-state index >= 15 is 0 Å². The Kier molecular flexibility index (Phi) is 87.8. The second-order valence-electron chi connectivity index (χ2n) is 1.08. The molecule has 0 aromatic heterocycles. The van der Waals surface area contributed by atoms with Crippen molar-refractivity contribution in [1.82, 2.24) is 0 Å². The third-order valence-electron chi connectivity index (χ3n) is 0.250. The van der Waals surface area contributed by atoms with Crippen LogP contribution in [0.15, 0.2) is 0 Å². The lowest BCUT2D eigenvalue weighted by atomic mass is 9.08. The summed E-state index contributed by atoms with van der Waals surface area (Å²) in [4.78, 5) is 0. The predicted octanol–water partition coefficient (Wildman–Crippen LogP) is 2.81. The van der Waals surface area contributed by atoms with Crippen LogP contribution in [0.2, 0.25) is 0 Å². The smallest absolute Gasteiger partial charge is 0 e. The molecular weight excluding hydrogens is 179 g/mol. The highest BCUT2D eigenvalue weighted by Crippen LogP contribution is 1.42. The molecule has 0 aliphatic rings. The van der Waals surface area contributed by atoms with E-state index in [-0.39, 0.29) is 10.3 Å². The molecule has 0 saturated heterocycles. The van der Waals surface area contributed by atoms with Crippen LogP contribution in [-0.2, 0) is 0 Å². The highest BCUT2D eigenvalue weighted by molar-refractivity contribution is 7.49. The highest BCUT2D eigenvalue weighted by Gasteiger charge is 1.73. The molecule has 0 unspecified atom stereocenters. The standard InChI is InChI=1S/C4H6.CH4.B4.2F2.4H2/c1-3-4-2;;1-4(2)3;2*1-2;;;;/h1-2H3;1H4;;;;4*1H/i;;;;;2*1+1D;;. The van der Waals surface area contributed by atoms with Crippen molar-refractivity contribution in [3.05, 3.63) is 0 Å². The molecule has 0 aromatic rings. The van der Waals surface area contributed by atoms with Crippen molar-refractivity contribution < 1.29 is 27.1 Å². The fourth-order valence-electron chi connectivity index (χ4n) is 0. The van der Waals surface area contributed by atoms with Crippen LogP contribution in [0.4, 0.5) is 18.3 Å². The van der Waals surface area contributed by atoms with Gasteiger partial charge in [0.1, 0.15) is 0 Å². The van der Waals surface area contributed by atoms with E-state index in [4.69, 9.17) is 24.2 Å². The average Bonchev–Trinajstić information content (AvgIpc) is 2.38. The Hall–Kier alpha value is -0.460. The van der Waals surface area contributed by atoms with Gasteiger partial charge < -0.3 is 0 Å². The summed E-state index contributed by atoms with van der Waals surface area (Å²) in [6, 6.07) is 0. The van der Waals surface area contributed by atoms with Crippen LogP contribution in [0.25, 0.3) is 0 Å². The fourth-order valence-corrected chi connectivity index (χ4v) is 0. The Labute approximate surface area is 91.0 Å². The maximum Gasteiger partial charge on any atom is 0 e. The monoisotopic (exact) mass is 202 g/mol. The third kappa shape index (κ3) is 3600. The van der Waals surface area contributed by atoms with E-state index in [1.165, 1.54) is 0 Å². The molecule has 8 heteroatoms. The van der Waals surface area contributed by atoms with Crippen LogP contribution in [0.5, 0.6) is 0 Å². The molecule has 0 saturated carbocycles. The minimum Gasteiger partial charge on any atom is -0.107 e. The molecule has 0 bridgehead atoms. The maximum absolute atomic E-state index is 8.00. The van der Waals surface area contributed by atoms with E-state index in [1.54, 1.807) is 0 Å². The van der Waals surface area contributed by atoms with E-state index in [0.717, 1.165) is 0 Å². The zero-order valence-corrected chi connectivity index (χ0v) is 6.82. The Morgan fingerprint density at radius 2 is 1.15 bits per heavy atom. The van der Waals surface area contributed by atoms with Gasteiger partial charge in [-0.2, -0.15) is 0 Å². The lowest BCUT2D eigenvalue weighted by Gasteiger charge is -1.73. The molecule has 0 aromatic carbocycles. The second-order valence-corrected chi connectivity index (χ2v) is 1.08. The Morgan fingerprint density at radius 1 is 1.08 bits per heavy atom. The highest BCUT2D eigenvalue weighted by atomic mass is 20.0. The van der Waals surface area contributed by atoms with Gasteiger partial charge in [-0.15, -0.1) is 11.8 Å². The summed E-state index contributed by atoms with van der Waals surface area (Å²) in [5, 5.41) is 0. The minimum absolute atomic E-state index is 0. The maximum atomic E-state index is 8.00. The minimum atomic E-state index is -0.667. The molecule has 0 amide bonds.